The lowest BCUT2D eigenvalue weighted by atomic mass is 9.92. The first-order valence-electron chi connectivity index (χ1n) is 18.2. The van der Waals surface area contributed by atoms with Crippen molar-refractivity contribution < 1.29 is 0 Å². The summed E-state index contributed by atoms with van der Waals surface area (Å²) in [6.07, 6.45) is 2.35. The van der Waals surface area contributed by atoms with Gasteiger partial charge in [0, 0.05) is 57.0 Å². The molecule has 7 aromatic carbocycles. The summed E-state index contributed by atoms with van der Waals surface area (Å²) in [5.41, 5.74) is 12.5. The molecule has 4 heteroatoms. The molecule has 3 heterocycles. The Balaban J connectivity index is 1.09. The van der Waals surface area contributed by atoms with Gasteiger partial charge < -0.3 is 0 Å². The molecular formula is C50H34N2S2. The number of hydrogen-bond acceptors (Lipinski definition) is 4. The lowest BCUT2D eigenvalue weighted by molar-refractivity contribution is 1.19. The zero-order valence-corrected chi connectivity index (χ0v) is 31.5. The molecule has 0 N–H and O–H groups in total. The lowest BCUT2D eigenvalue weighted by Crippen LogP contribution is -1.96. The second-order valence-electron chi connectivity index (χ2n) is 13.9. The maximum atomic E-state index is 5.21. The Morgan fingerprint density at radius 3 is 2.00 bits per heavy atom. The molecule has 0 radical (unpaired) electrons. The molecule has 0 saturated carbocycles. The van der Waals surface area contributed by atoms with Crippen LogP contribution in [-0.2, 0) is 0 Å². The number of allylic oxidation sites excluding steroid dienone is 1. The van der Waals surface area contributed by atoms with Gasteiger partial charge in [0.15, 0.2) is 5.82 Å². The van der Waals surface area contributed by atoms with Crippen LogP contribution in [0, 0.1) is 6.92 Å². The highest BCUT2D eigenvalue weighted by atomic mass is 32.1. The fourth-order valence-corrected chi connectivity index (χ4v) is 9.94. The van der Waals surface area contributed by atoms with Gasteiger partial charge in [-0.1, -0.05) is 127 Å². The first-order valence-corrected chi connectivity index (χ1v) is 19.9. The first-order chi connectivity index (χ1) is 26.6. The average Bonchev–Trinajstić information content (AvgIpc) is 3.79. The molecule has 0 fully saturated rings. The van der Waals surface area contributed by atoms with Crippen LogP contribution in [0.1, 0.15) is 23.6 Å². The molecular weight excluding hydrogens is 693 g/mol. The van der Waals surface area contributed by atoms with Gasteiger partial charge in [0.1, 0.15) is 0 Å². The first kappa shape index (κ1) is 32.5. The molecule has 3 aromatic heterocycles. The van der Waals surface area contributed by atoms with Crippen molar-refractivity contribution in [1.82, 2.24) is 9.97 Å². The largest absolute Gasteiger partial charge is 0.228 e. The van der Waals surface area contributed by atoms with E-state index < -0.39 is 0 Å². The van der Waals surface area contributed by atoms with Crippen molar-refractivity contribution >= 4 is 74.7 Å². The molecule has 10 aromatic rings. The van der Waals surface area contributed by atoms with E-state index in [4.69, 9.17) is 9.97 Å². The van der Waals surface area contributed by atoms with Gasteiger partial charge in [-0.15, -0.1) is 22.7 Å². The summed E-state index contributed by atoms with van der Waals surface area (Å²) >= 11 is 3.71. The third-order valence-electron chi connectivity index (χ3n) is 10.4. The SMILES string of the molecule is C/C(=C/c1ccccc1-c1cc2sc3ccccc3c2cc1C)c1ccc2sc3cccc(-c4cc(-c5ccccc5)nc(-c5ccccc5)n4)c3c2c1. The number of nitrogens with zero attached hydrogens (tertiary/aromatic N) is 2. The summed E-state index contributed by atoms with van der Waals surface area (Å²) in [4.78, 5) is 10.3. The summed E-state index contributed by atoms with van der Waals surface area (Å²) in [7, 11) is 0. The van der Waals surface area contributed by atoms with Crippen molar-refractivity contribution in [3.8, 4) is 45.0 Å². The van der Waals surface area contributed by atoms with Gasteiger partial charge in [0.25, 0.3) is 0 Å². The fraction of sp³-hybridized carbons (Fsp3) is 0.0400. The van der Waals surface area contributed by atoms with E-state index in [2.05, 4.69) is 159 Å². The number of fused-ring (bicyclic) bond motifs is 6. The third kappa shape index (κ3) is 5.72. The highest BCUT2D eigenvalue weighted by Gasteiger charge is 2.17. The Hall–Kier alpha value is -6.20. The number of rotatable bonds is 6. The molecule has 2 nitrogen and oxygen atoms in total. The summed E-state index contributed by atoms with van der Waals surface area (Å²) in [6.45, 7) is 4.48. The lowest BCUT2D eigenvalue weighted by Gasteiger charge is -2.12. The van der Waals surface area contributed by atoms with Gasteiger partial charge in [-0.25, -0.2) is 9.97 Å². The molecule has 0 amide bonds. The Bertz CT molecular complexity index is 3000. The normalized spacial score (nSPS) is 12.0. The molecule has 0 aliphatic heterocycles. The number of benzene rings is 7. The average molecular weight is 727 g/mol. The minimum atomic E-state index is 0.725. The van der Waals surface area contributed by atoms with Gasteiger partial charge >= 0.3 is 0 Å². The van der Waals surface area contributed by atoms with Crippen molar-refractivity contribution in [3.63, 3.8) is 0 Å². The Labute approximate surface area is 322 Å². The van der Waals surface area contributed by atoms with Gasteiger partial charge in [-0.3, -0.25) is 0 Å². The van der Waals surface area contributed by atoms with E-state index in [0.717, 1.165) is 33.9 Å². The molecule has 0 atom stereocenters. The quantitative estimate of drug-likeness (QED) is 0.159. The topological polar surface area (TPSA) is 25.8 Å². The van der Waals surface area contributed by atoms with E-state index in [1.807, 2.05) is 46.9 Å². The monoisotopic (exact) mass is 726 g/mol. The van der Waals surface area contributed by atoms with Crippen LogP contribution in [0.15, 0.2) is 164 Å². The minimum Gasteiger partial charge on any atom is -0.228 e. The third-order valence-corrected chi connectivity index (χ3v) is 12.7. The van der Waals surface area contributed by atoms with Gasteiger partial charge in [0.05, 0.1) is 11.4 Å². The molecule has 256 valence electrons. The van der Waals surface area contributed by atoms with E-state index in [-0.39, 0.29) is 0 Å². The molecule has 54 heavy (non-hydrogen) atoms. The van der Waals surface area contributed by atoms with Crippen molar-refractivity contribution in [2.45, 2.75) is 13.8 Å². The standard InChI is InChI=1S/C50H34N2S2/c1-31(26-36-18-9-10-19-37(36)40-29-48-41(27-32(40)2)38-20-11-12-22-45(38)54-48)35-24-25-46-42(28-35)49-39(21-13-23-47(49)53-46)44-30-43(33-14-5-3-6-15-33)51-50(52-44)34-16-7-4-8-17-34/h3-30H,1-2H3/b31-26-. The van der Waals surface area contributed by atoms with Crippen LogP contribution in [0.5, 0.6) is 0 Å². The highest BCUT2D eigenvalue weighted by molar-refractivity contribution is 7.26. The maximum absolute atomic E-state index is 5.21. The van der Waals surface area contributed by atoms with Crippen LogP contribution in [0.25, 0.3) is 97.0 Å². The fourth-order valence-electron chi connectivity index (χ4n) is 7.70. The highest BCUT2D eigenvalue weighted by Crippen LogP contribution is 2.43. The van der Waals surface area contributed by atoms with Crippen LogP contribution >= 0.6 is 22.7 Å². The van der Waals surface area contributed by atoms with Crippen LogP contribution in [0.3, 0.4) is 0 Å². The Morgan fingerprint density at radius 1 is 0.481 bits per heavy atom. The molecule has 0 unspecified atom stereocenters. The molecule has 0 bridgehead atoms. The van der Waals surface area contributed by atoms with Crippen LogP contribution in [0.4, 0.5) is 0 Å². The van der Waals surface area contributed by atoms with E-state index in [1.165, 1.54) is 73.7 Å². The molecule has 10 rings (SSSR count). The molecule has 0 spiro atoms. The van der Waals surface area contributed by atoms with E-state index >= 15 is 0 Å². The second kappa shape index (κ2) is 13.3. The van der Waals surface area contributed by atoms with Crippen LogP contribution in [-0.4, -0.2) is 9.97 Å². The Morgan fingerprint density at radius 2 is 1.15 bits per heavy atom. The number of thiophene rings is 2. The predicted octanol–water partition coefficient (Wildman–Crippen LogP) is 14.7. The van der Waals surface area contributed by atoms with Crippen LogP contribution < -0.4 is 0 Å². The number of aromatic nitrogens is 2. The van der Waals surface area contributed by atoms with Crippen molar-refractivity contribution in [1.29, 1.82) is 0 Å². The zero-order chi connectivity index (χ0) is 36.2. The summed E-state index contributed by atoms with van der Waals surface area (Å²) in [5, 5.41) is 5.16. The number of hydrogen-bond donors (Lipinski definition) is 0. The van der Waals surface area contributed by atoms with Crippen LogP contribution in [0.2, 0.25) is 0 Å². The van der Waals surface area contributed by atoms with Gasteiger partial charge in [-0.05, 0) is 89.7 Å². The predicted molar refractivity (Wildman–Crippen MR) is 234 cm³/mol. The maximum Gasteiger partial charge on any atom is 0.160 e. The van der Waals surface area contributed by atoms with E-state index in [1.54, 1.807) is 0 Å². The smallest absolute Gasteiger partial charge is 0.160 e. The summed E-state index contributed by atoms with van der Waals surface area (Å²) in [5.74, 6) is 0.725. The van der Waals surface area contributed by atoms with E-state index in [0.29, 0.717) is 0 Å². The minimum absolute atomic E-state index is 0.725. The van der Waals surface area contributed by atoms with E-state index in [9.17, 15) is 0 Å². The molecule has 0 aliphatic rings. The van der Waals surface area contributed by atoms with Crippen molar-refractivity contribution in [3.05, 3.63) is 180 Å². The summed E-state index contributed by atoms with van der Waals surface area (Å²) in [6, 6.07) is 58.6. The Kier molecular flexibility index (Phi) is 8.01. The second-order valence-corrected chi connectivity index (χ2v) is 16.0. The van der Waals surface area contributed by atoms with Crippen molar-refractivity contribution in [2.24, 2.45) is 0 Å². The zero-order valence-electron chi connectivity index (χ0n) is 29.9. The number of aryl methyl sites for hydroxylation is 1. The van der Waals surface area contributed by atoms with Crippen molar-refractivity contribution in [2.75, 3.05) is 0 Å². The van der Waals surface area contributed by atoms with Gasteiger partial charge in [-0.2, -0.15) is 0 Å². The molecule has 0 aliphatic carbocycles. The summed E-state index contributed by atoms with van der Waals surface area (Å²) < 4.78 is 5.18. The molecule has 0 saturated heterocycles. The van der Waals surface area contributed by atoms with Gasteiger partial charge in [0.2, 0.25) is 0 Å².